The maximum atomic E-state index is 5.93. The van der Waals surface area contributed by atoms with Gasteiger partial charge in [-0.2, -0.15) is 0 Å². The van der Waals surface area contributed by atoms with Crippen molar-refractivity contribution >= 4 is 29.1 Å². The van der Waals surface area contributed by atoms with E-state index in [1.165, 1.54) is 25.7 Å². The summed E-state index contributed by atoms with van der Waals surface area (Å²) in [6, 6.07) is 5.70. The number of hydrogen-bond acceptors (Lipinski definition) is 2. The van der Waals surface area contributed by atoms with Gasteiger partial charge in [0.2, 0.25) is 0 Å². The van der Waals surface area contributed by atoms with Crippen molar-refractivity contribution in [3.05, 3.63) is 23.2 Å². The van der Waals surface area contributed by atoms with Crippen LogP contribution in [0.15, 0.2) is 23.1 Å². The number of hydrogen-bond donors (Lipinski definition) is 1. The molecule has 1 aliphatic carbocycles. The van der Waals surface area contributed by atoms with E-state index in [0.29, 0.717) is 0 Å². The average Bonchev–Trinajstić information content (AvgIpc) is 2.64. The maximum absolute atomic E-state index is 5.93. The van der Waals surface area contributed by atoms with Gasteiger partial charge in [-0.05, 0) is 31.0 Å². The largest absolute Gasteiger partial charge is 0.398 e. The zero-order valence-corrected chi connectivity index (χ0v) is 9.57. The molecule has 1 nitrogen and oxygen atoms in total. The van der Waals surface area contributed by atoms with Crippen molar-refractivity contribution in [1.29, 1.82) is 0 Å². The normalized spacial score (nSPS) is 17.5. The standard InChI is InChI=1S/C11H14ClNS/c12-8-5-6-10(13)11(7-8)14-9-3-1-2-4-9/h5-7,9H,1-4,13H2. The molecule has 1 aromatic rings. The Morgan fingerprint density at radius 1 is 1.29 bits per heavy atom. The number of rotatable bonds is 2. The molecule has 76 valence electrons. The van der Waals surface area contributed by atoms with E-state index in [-0.39, 0.29) is 0 Å². The van der Waals surface area contributed by atoms with Crippen molar-refractivity contribution in [3.8, 4) is 0 Å². The average molecular weight is 228 g/mol. The Hall–Kier alpha value is -0.340. The highest BCUT2D eigenvalue weighted by Gasteiger charge is 2.17. The second-order valence-corrected chi connectivity index (χ2v) is 5.49. The van der Waals surface area contributed by atoms with Crippen molar-refractivity contribution in [2.45, 2.75) is 35.8 Å². The molecule has 0 spiro atoms. The molecule has 0 aromatic heterocycles. The molecule has 1 fully saturated rings. The fourth-order valence-electron chi connectivity index (χ4n) is 1.80. The van der Waals surface area contributed by atoms with Gasteiger partial charge in [0.1, 0.15) is 0 Å². The first-order chi connectivity index (χ1) is 6.75. The van der Waals surface area contributed by atoms with E-state index >= 15 is 0 Å². The molecule has 0 amide bonds. The van der Waals surface area contributed by atoms with E-state index in [2.05, 4.69) is 0 Å². The molecule has 2 N–H and O–H groups in total. The summed E-state index contributed by atoms with van der Waals surface area (Å²) < 4.78 is 0. The monoisotopic (exact) mass is 227 g/mol. The van der Waals surface area contributed by atoms with Crippen LogP contribution in [0.3, 0.4) is 0 Å². The molecule has 1 aliphatic rings. The summed E-state index contributed by atoms with van der Waals surface area (Å²) in [6.45, 7) is 0. The lowest BCUT2D eigenvalue weighted by atomic mass is 10.3. The maximum Gasteiger partial charge on any atom is 0.0453 e. The lowest BCUT2D eigenvalue weighted by Gasteiger charge is -2.10. The third-order valence-corrected chi connectivity index (χ3v) is 4.22. The third-order valence-electron chi connectivity index (χ3n) is 2.57. The first-order valence-electron chi connectivity index (χ1n) is 4.97. The highest BCUT2D eigenvalue weighted by molar-refractivity contribution is 8.00. The molecule has 0 radical (unpaired) electrons. The van der Waals surface area contributed by atoms with Crippen molar-refractivity contribution in [2.75, 3.05) is 5.73 Å². The smallest absolute Gasteiger partial charge is 0.0453 e. The SMILES string of the molecule is Nc1ccc(Cl)cc1SC1CCCC1. The second kappa shape index (κ2) is 4.45. The van der Waals surface area contributed by atoms with Gasteiger partial charge in [0.25, 0.3) is 0 Å². The molecule has 0 unspecified atom stereocenters. The number of nitrogen functional groups attached to an aromatic ring is 1. The predicted molar refractivity (Wildman–Crippen MR) is 64.0 cm³/mol. The fourth-order valence-corrected chi connectivity index (χ4v) is 3.36. The Balaban J connectivity index is 2.10. The quantitative estimate of drug-likeness (QED) is 0.775. The van der Waals surface area contributed by atoms with Gasteiger partial charge in [0.15, 0.2) is 0 Å². The summed E-state index contributed by atoms with van der Waals surface area (Å²) in [5.41, 5.74) is 6.74. The van der Waals surface area contributed by atoms with Crippen LogP contribution in [-0.2, 0) is 0 Å². The van der Waals surface area contributed by atoms with Gasteiger partial charge in [0.05, 0.1) is 0 Å². The molecular weight excluding hydrogens is 214 g/mol. The fraction of sp³-hybridized carbons (Fsp3) is 0.455. The summed E-state index contributed by atoms with van der Waals surface area (Å²) in [7, 11) is 0. The molecule has 0 aliphatic heterocycles. The molecule has 3 heteroatoms. The minimum atomic E-state index is 0.746. The number of benzene rings is 1. The van der Waals surface area contributed by atoms with Gasteiger partial charge >= 0.3 is 0 Å². The molecule has 2 rings (SSSR count). The van der Waals surface area contributed by atoms with Crippen molar-refractivity contribution < 1.29 is 0 Å². The van der Waals surface area contributed by atoms with Crippen LogP contribution in [0, 0.1) is 0 Å². The Morgan fingerprint density at radius 3 is 2.71 bits per heavy atom. The molecule has 0 heterocycles. The van der Waals surface area contributed by atoms with Gasteiger partial charge in [-0.3, -0.25) is 0 Å². The lowest BCUT2D eigenvalue weighted by Crippen LogP contribution is -1.96. The molecule has 1 aromatic carbocycles. The minimum absolute atomic E-state index is 0.746. The van der Waals surface area contributed by atoms with Crippen LogP contribution >= 0.6 is 23.4 Å². The van der Waals surface area contributed by atoms with Crippen LogP contribution in [0.1, 0.15) is 25.7 Å². The summed E-state index contributed by atoms with van der Waals surface area (Å²) >= 11 is 7.82. The van der Waals surface area contributed by atoms with Gasteiger partial charge in [-0.1, -0.05) is 24.4 Å². The molecule has 0 bridgehead atoms. The Morgan fingerprint density at radius 2 is 2.00 bits per heavy atom. The molecule has 1 saturated carbocycles. The first kappa shape index (κ1) is 10.2. The molecule has 14 heavy (non-hydrogen) atoms. The zero-order chi connectivity index (χ0) is 9.97. The lowest BCUT2D eigenvalue weighted by molar-refractivity contribution is 0.886. The van der Waals surface area contributed by atoms with Crippen molar-refractivity contribution in [2.24, 2.45) is 0 Å². The first-order valence-corrected chi connectivity index (χ1v) is 6.23. The third kappa shape index (κ3) is 2.37. The van der Waals surface area contributed by atoms with Crippen LogP contribution in [-0.4, -0.2) is 5.25 Å². The summed E-state index contributed by atoms with van der Waals surface area (Å²) in [5, 5.41) is 1.52. The van der Waals surface area contributed by atoms with Gasteiger partial charge < -0.3 is 5.73 Å². The van der Waals surface area contributed by atoms with E-state index < -0.39 is 0 Å². The van der Waals surface area contributed by atoms with E-state index in [1.54, 1.807) is 0 Å². The van der Waals surface area contributed by atoms with Crippen molar-refractivity contribution in [1.82, 2.24) is 0 Å². The highest BCUT2D eigenvalue weighted by atomic mass is 35.5. The van der Waals surface area contributed by atoms with E-state index in [1.807, 2.05) is 30.0 Å². The van der Waals surface area contributed by atoms with Crippen molar-refractivity contribution in [3.63, 3.8) is 0 Å². The summed E-state index contributed by atoms with van der Waals surface area (Å²) in [6.07, 6.45) is 5.35. The van der Waals surface area contributed by atoms with E-state index in [9.17, 15) is 0 Å². The Bertz CT molecular complexity index is 321. The Kier molecular flexibility index (Phi) is 3.24. The van der Waals surface area contributed by atoms with Gasteiger partial charge in [-0.25, -0.2) is 0 Å². The van der Waals surface area contributed by atoms with Gasteiger partial charge in [-0.15, -0.1) is 11.8 Å². The molecule has 0 saturated heterocycles. The second-order valence-electron chi connectivity index (χ2n) is 3.71. The molecule has 0 atom stereocenters. The van der Waals surface area contributed by atoms with Crippen LogP contribution in [0.5, 0.6) is 0 Å². The minimum Gasteiger partial charge on any atom is -0.398 e. The van der Waals surface area contributed by atoms with E-state index in [4.69, 9.17) is 17.3 Å². The number of halogens is 1. The Labute approximate surface area is 94.0 Å². The zero-order valence-electron chi connectivity index (χ0n) is 8.00. The highest BCUT2D eigenvalue weighted by Crippen LogP contribution is 2.38. The summed E-state index contributed by atoms with van der Waals surface area (Å²) in [4.78, 5) is 1.14. The number of anilines is 1. The van der Waals surface area contributed by atoms with Crippen LogP contribution in [0.25, 0.3) is 0 Å². The van der Waals surface area contributed by atoms with E-state index in [0.717, 1.165) is 20.9 Å². The topological polar surface area (TPSA) is 26.0 Å². The number of thioether (sulfide) groups is 1. The van der Waals surface area contributed by atoms with Crippen LogP contribution in [0.2, 0.25) is 5.02 Å². The van der Waals surface area contributed by atoms with Crippen LogP contribution in [0.4, 0.5) is 5.69 Å². The van der Waals surface area contributed by atoms with Gasteiger partial charge in [0, 0.05) is 20.9 Å². The predicted octanol–water partition coefficient (Wildman–Crippen LogP) is 3.96. The number of nitrogens with two attached hydrogens (primary N) is 1. The summed E-state index contributed by atoms with van der Waals surface area (Å²) in [5.74, 6) is 0. The molecular formula is C11H14ClNS. The van der Waals surface area contributed by atoms with Crippen LogP contribution < -0.4 is 5.73 Å².